The summed E-state index contributed by atoms with van der Waals surface area (Å²) in [5.74, 6) is -0.393. The van der Waals surface area contributed by atoms with Gasteiger partial charge in [-0.2, -0.15) is 0 Å². The highest BCUT2D eigenvalue weighted by Gasteiger charge is 2.31. The second-order valence-electron chi connectivity index (χ2n) is 4.66. The zero-order valence-corrected chi connectivity index (χ0v) is 11.7. The van der Waals surface area contributed by atoms with Crippen LogP contribution in [0.3, 0.4) is 0 Å². The summed E-state index contributed by atoms with van der Waals surface area (Å²) in [7, 11) is 1.70. The van der Waals surface area contributed by atoms with Crippen molar-refractivity contribution in [2.45, 2.75) is 26.3 Å². The molecule has 0 aromatic carbocycles. The van der Waals surface area contributed by atoms with Gasteiger partial charge in [-0.05, 0) is 20.4 Å². The molecule has 0 aliphatic carbocycles. The molecule has 19 heavy (non-hydrogen) atoms. The predicted molar refractivity (Wildman–Crippen MR) is 70.5 cm³/mol. The molecular weight excluding hydrogens is 248 g/mol. The van der Waals surface area contributed by atoms with E-state index < -0.39 is 6.04 Å². The highest BCUT2D eigenvalue weighted by Crippen LogP contribution is 2.05. The molecule has 0 radical (unpaired) electrons. The van der Waals surface area contributed by atoms with Crippen LogP contribution in [0.4, 0.5) is 4.79 Å². The van der Waals surface area contributed by atoms with Gasteiger partial charge in [-0.25, -0.2) is 4.79 Å². The quantitative estimate of drug-likeness (QED) is 0.674. The molecule has 1 aliphatic heterocycles. The first-order valence-corrected chi connectivity index (χ1v) is 6.53. The average Bonchev–Trinajstić information content (AvgIpc) is 2.80. The number of hydrogen-bond acceptors (Lipinski definition) is 4. The van der Waals surface area contributed by atoms with Crippen molar-refractivity contribution >= 4 is 17.8 Å². The summed E-state index contributed by atoms with van der Waals surface area (Å²) < 4.78 is 0. The Balaban J connectivity index is 2.47. The number of likely N-dealkylation sites (N-methyl/N-ethyl adjacent to an activating group) is 1. The summed E-state index contributed by atoms with van der Waals surface area (Å²) in [6, 6.07) is -0.864. The van der Waals surface area contributed by atoms with Gasteiger partial charge < -0.3 is 10.6 Å². The lowest BCUT2D eigenvalue weighted by atomic mass is 10.2. The molecule has 0 aromatic rings. The van der Waals surface area contributed by atoms with Gasteiger partial charge in [0.25, 0.3) is 0 Å². The Morgan fingerprint density at radius 1 is 1.53 bits per heavy atom. The van der Waals surface area contributed by atoms with Crippen molar-refractivity contribution in [1.82, 2.24) is 20.4 Å². The van der Waals surface area contributed by atoms with Gasteiger partial charge in [-0.1, -0.05) is 6.92 Å². The molecule has 1 fully saturated rings. The summed E-state index contributed by atoms with van der Waals surface area (Å²) in [6.07, 6.45) is 0.873. The molecular formula is C12H22N4O3. The maximum absolute atomic E-state index is 12.1. The highest BCUT2D eigenvalue weighted by atomic mass is 16.2. The number of nitrogens with one attached hydrogen (secondary N) is 2. The molecule has 0 aromatic heterocycles. The van der Waals surface area contributed by atoms with Crippen LogP contribution in [0, 0.1) is 0 Å². The van der Waals surface area contributed by atoms with Gasteiger partial charge in [0.05, 0.1) is 12.6 Å². The second kappa shape index (κ2) is 7.08. The van der Waals surface area contributed by atoms with Crippen LogP contribution in [-0.2, 0) is 9.59 Å². The molecule has 0 unspecified atom stereocenters. The minimum Gasteiger partial charge on any atom is -0.355 e. The molecule has 0 bridgehead atoms. The van der Waals surface area contributed by atoms with Gasteiger partial charge in [-0.15, -0.1) is 0 Å². The lowest BCUT2D eigenvalue weighted by Gasteiger charge is -2.25. The molecule has 108 valence electrons. The molecule has 0 saturated carbocycles. The Bertz CT molecular complexity index is 359. The van der Waals surface area contributed by atoms with Crippen LogP contribution in [0.2, 0.25) is 0 Å². The van der Waals surface area contributed by atoms with Crippen molar-refractivity contribution in [2.24, 2.45) is 0 Å². The zero-order valence-electron chi connectivity index (χ0n) is 11.7. The summed E-state index contributed by atoms with van der Waals surface area (Å²) >= 11 is 0. The fraction of sp³-hybridized carbons (Fsp3) is 0.750. The molecule has 2 N–H and O–H groups in total. The van der Waals surface area contributed by atoms with Crippen LogP contribution in [0.1, 0.15) is 20.3 Å². The van der Waals surface area contributed by atoms with E-state index in [2.05, 4.69) is 10.6 Å². The van der Waals surface area contributed by atoms with Gasteiger partial charge >= 0.3 is 6.03 Å². The highest BCUT2D eigenvalue weighted by molar-refractivity contribution is 5.98. The third-order valence-electron chi connectivity index (χ3n) is 3.11. The van der Waals surface area contributed by atoms with Gasteiger partial charge in [0.1, 0.15) is 0 Å². The molecule has 1 heterocycles. The number of carbonyl (C=O) groups excluding carboxylic acids is 3. The first kappa shape index (κ1) is 15.4. The number of hydrogen-bond donors (Lipinski definition) is 2. The van der Waals surface area contributed by atoms with Gasteiger partial charge in [0.15, 0.2) is 0 Å². The van der Waals surface area contributed by atoms with Crippen LogP contribution in [0.15, 0.2) is 0 Å². The predicted octanol–water partition coefficient (Wildman–Crippen LogP) is -0.615. The van der Waals surface area contributed by atoms with Crippen molar-refractivity contribution in [1.29, 1.82) is 0 Å². The number of carbonyl (C=O) groups is 3. The lowest BCUT2D eigenvalue weighted by molar-refractivity contribution is -0.133. The first-order valence-electron chi connectivity index (χ1n) is 6.53. The standard InChI is InChI=1S/C12H22N4O3/c1-4-5-13-10(17)8-15(3)9(2)11(18)16-7-6-14-12(16)19/h9H,4-8H2,1-3H3,(H,13,17)(H,14,19)/t9-/m0/s1. The number of amides is 4. The van der Waals surface area contributed by atoms with Crippen LogP contribution in [-0.4, -0.2) is 66.9 Å². The minimum atomic E-state index is -0.503. The monoisotopic (exact) mass is 270 g/mol. The van der Waals surface area contributed by atoms with E-state index >= 15 is 0 Å². The van der Waals surface area contributed by atoms with Gasteiger partial charge in [0, 0.05) is 19.6 Å². The summed E-state index contributed by atoms with van der Waals surface area (Å²) in [5, 5.41) is 5.33. The zero-order chi connectivity index (χ0) is 14.4. The molecule has 7 heteroatoms. The summed E-state index contributed by atoms with van der Waals surface area (Å²) in [6.45, 7) is 5.31. The summed E-state index contributed by atoms with van der Waals surface area (Å²) in [5.41, 5.74) is 0. The van der Waals surface area contributed by atoms with Crippen LogP contribution < -0.4 is 10.6 Å². The average molecular weight is 270 g/mol. The topological polar surface area (TPSA) is 81.8 Å². The Morgan fingerprint density at radius 2 is 2.21 bits per heavy atom. The SMILES string of the molecule is CCCNC(=O)CN(C)[C@@H](C)C(=O)N1CCNC1=O. The van der Waals surface area contributed by atoms with Crippen molar-refractivity contribution < 1.29 is 14.4 Å². The van der Waals surface area contributed by atoms with E-state index in [-0.39, 0.29) is 24.4 Å². The minimum absolute atomic E-state index is 0.116. The van der Waals surface area contributed by atoms with Crippen LogP contribution in [0.5, 0.6) is 0 Å². The van der Waals surface area contributed by atoms with Gasteiger partial charge in [-0.3, -0.25) is 19.4 Å². The molecule has 0 spiro atoms. The fourth-order valence-electron chi connectivity index (χ4n) is 1.78. The molecule has 4 amide bonds. The molecule has 1 atom stereocenters. The smallest absolute Gasteiger partial charge is 0.324 e. The normalized spacial score (nSPS) is 16.4. The van der Waals surface area contributed by atoms with Crippen molar-refractivity contribution in [3.63, 3.8) is 0 Å². The van der Waals surface area contributed by atoms with Crippen molar-refractivity contribution in [2.75, 3.05) is 33.2 Å². The largest absolute Gasteiger partial charge is 0.355 e. The van der Waals surface area contributed by atoms with E-state index in [9.17, 15) is 14.4 Å². The molecule has 1 saturated heterocycles. The Labute approximate surface area is 113 Å². The van der Waals surface area contributed by atoms with Crippen molar-refractivity contribution in [3.8, 4) is 0 Å². The summed E-state index contributed by atoms with van der Waals surface area (Å²) in [4.78, 5) is 37.9. The third kappa shape index (κ3) is 4.20. The fourth-order valence-corrected chi connectivity index (χ4v) is 1.78. The van der Waals surface area contributed by atoms with E-state index in [4.69, 9.17) is 0 Å². The van der Waals surface area contributed by atoms with Crippen LogP contribution in [0.25, 0.3) is 0 Å². The second-order valence-corrected chi connectivity index (χ2v) is 4.66. The number of rotatable bonds is 6. The number of imide groups is 1. The van der Waals surface area contributed by atoms with E-state index in [1.165, 1.54) is 4.90 Å². The van der Waals surface area contributed by atoms with E-state index in [0.29, 0.717) is 19.6 Å². The maximum atomic E-state index is 12.1. The third-order valence-corrected chi connectivity index (χ3v) is 3.11. The first-order chi connectivity index (χ1) is 8.97. The van der Waals surface area contributed by atoms with E-state index in [0.717, 1.165) is 6.42 Å². The van der Waals surface area contributed by atoms with E-state index in [1.807, 2.05) is 6.92 Å². The molecule has 1 aliphatic rings. The van der Waals surface area contributed by atoms with E-state index in [1.54, 1.807) is 18.9 Å². The Kier molecular flexibility index (Phi) is 5.75. The Morgan fingerprint density at radius 3 is 2.74 bits per heavy atom. The molecule has 7 nitrogen and oxygen atoms in total. The van der Waals surface area contributed by atoms with Crippen molar-refractivity contribution in [3.05, 3.63) is 0 Å². The van der Waals surface area contributed by atoms with Crippen LogP contribution >= 0.6 is 0 Å². The Hall–Kier alpha value is -1.63. The number of nitrogens with zero attached hydrogens (tertiary/aromatic N) is 2. The molecule has 1 rings (SSSR count). The number of urea groups is 1. The maximum Gasteiger partial charge on any atom is 0.324 e. The van der Waals surface area contributed by atoms with Gasteiger partial charge in [0.2, 0.25) is 11.8 Å². The lowest BCUT2D eigenvalue weighted by Crippen LogP contribution is -2.49.